The van der Waals surface area contributed by atoms with E-state index in [-0.39, 0.29) is 36.4 Å². The van der Waals surface area contributed by atoms with Crippen LogP contribution in [0.3, 0.4) is 0 Å². The van der Waals surface area contributed by atoms with Crippen molar-refractivity contribution < 1.29 is 4.79 Å². The Labute approximate surface area is 180 Å². The molecule has 7 heteroatoms. The predicted octanol–water partition coefficient (Wildman–Crippen LogP) is 1.95. The Hall–Kier alpha value is -1.61. The molecule has 0 aromatic heterocycles. The normalized spacial score (nSPS) is 15.1. The number of carbonyl (C=O) groups excluding carboxylic acids is 1. The van der Waals surface area contributed by atoms with Gasteiger partial charge in [-0.05, 0) is 12.5 Å². The molecule has 1 N–H and O–H groups in total. The monoisotopic (exact) mass is 485 g/mol. The van der Waals surface area contributed by atoms with Crippen LogP contribution in [-0.2, 0) is 11.3 Å². The van der Waals surface area contributed by atoms with Gasteiger partial charge in [-0.15, -0.1) is 30.6 Å². The molecule has 0 atom stereocenters. The van der Waals surface area contributed by atoms with Gasteiger partial charge in [-0.25, -0.2) is 4.99 Å². The zero-order chi connectivity index (χ0) is 18.9. The maximum absolute atomic E-state index is 11.8. The number of carbonyl (C=O) groups is 1. The van der Waals surface area contributed by atoms with Gasteiger partial charge >= 0.3 is 0 Å². The summed E-state index contributed by atoms with van der Waals surface area (Å²) < 4.78 is 0. The summed E-state index contributed by atoms with van der Waals surface area (Å²) >= 11 is 0. The summed E-state index contributed by atoms with van der Waals surface area (Å²) in [4.78, 5) is 22.6. The molecule has 1 aromatic carbocycles. The Bertz CT molecular complexity index is 639. The van der Waals surface area contributed by atoms with Crippen molar-refractivity contribution in [3.8, 4) is 0 Å². The minimum Gasteiger partial charge on any atom is -0.353 e. The fraction of sp³-hybridized carbons (Fsp3) is 0.500. The molecule has 1 heterocycles. The lowest BCUT2D eigenvalue weighted by Crippen LogP contribution is -2.52. The lowest BCUT2D eigenvalue weighted by Gasteiger charge is -2.36. The minimum absolute atomic E-state index is 0. The van der Waals surface area contributed by atoms with Gasteiger partial charge in [0, 0.05) is 53.4 Å². The lowest BCUT2D eigenvalue weighted by atomic mass is 10.1. The van der Waals surface area contributed by atoms with Gasteiger partial charge in [0.25, 0.3) is 0 Å². The molecule has 1 aliphatic heterocycles. The molecule has 1 aliphatic rings. The van der Waals surface area contributed by atoms with Crippen LogP contribution in [0.4, 0.5) is 0 Å². The van der Waals surface area contributed by atoms with Crippen molar-refractivity contribution in [1.29, 1.82) is 0 Å². The Kier molecular flexibility index (Phi) is 10.4. The number of rotatable bonds is 6. The Morgan fingerprint density at radius 3 is 2.59 bits per heavy atom. The topological polar surface area (TPSA) is 51.2 Å². The van der Waals surface area contributed by atoms with Gasteiger partial charge in [-0.1, -0.05) is 35.9 Å². The Morgan fingerprint density at radius 2 is 2.00 bits per heavy atom. The van der Waals surface area contributed by atoms with Crippen LogP contribution in [0.5, 0.6) is 0 Å². The number of guanidine groups is 1. The standard InChI is InChI=1S/C20H31N5O.HI/c1-5-9-21-20(22-15-19(26)23(3)4)25-12-10-24(11-13-25)16-18-8-6-7-17(2)14-18;/h5-8,14H,1,9-13,15-16H2,2-4H3,(H,21,22);1H. The van der Waals surface area contributed by atoms with E-state index < -0.39 is 0 Å². The van der Waals surface area contributed by atoms with Crippen LogP contribution in [0.2, 0.25) is 0 Å². The quantitative estimate of drug-likeness (QED) is 0.290. The maximum atomic E-state index is 11.8. The number of amides is 1. The molecule has 0 unspecified atom stereocenters. The summed E-state index contributed by atoms with van der Waals surface area (Å²) in [6.45, 7) is 11.4. The number of hydrogen-bond acceptors (Lipinski definition) is 3. The number of aliphatic imine (C=N–C) groups is 1. The molecule has 0 radical (unpaired) electrons. The molecule has 0 aliphatic carbocycles. The fourth-order valence-corrected chi connectivity index (χ4v) is 2.90. The largest absolute Gasteiger partial charge is 0.353 e. The molecule has 1 saturated heterocycles. The van der Waals surface area contributed by atoms with Gasteiger partial charge in [0.2, 0.25) is 5.91 Å². The minimum atomic E-state index is 0. The molecule has 2 rings (SSSR count). The Balaban J connectivity index is 0.00000364. The first-order valence-corrected chi connectivity index (χ1v) is 9.12. The summed E-state index contributed by atoms with van der Waals surface area (Å²) in [5.41, 5.74) is 2.66. The van der Waals surface area contributed by atoms with E-state index in [2.05, 4.69) is 57.9 Å². The van der Waals surface area contributed by atoms with Crippen molar-refractivity contribution in [1.82, 2.24) is 20.0 Å². The van der Waals surface area contributed by atoms with E-state index >= 15 is 0 Å². The molecule has 1 aromatic rings. The smallest absolute Gasteiger partial charge is 0.243 e. The number of aryl methyl sites for hydroxylation is 1. The zero-order valence-corrected chi connectivity index (χ0v) is 19.0. The van der Waals surface area contributed by atoms with Gasteiger partial charge in [-0.3, -0.25) is 9.69 Å². The number of likely N-dealkylation sites (N-methyl/N-ethyl adjacent to an activating group) is 1. The van der Waals surface area contributed by atoms with Crippen molar-refractivity contribution in [2.24, 2.45) is 4.99 Å². The number of piperazine rings is 1. The second-order valence-corrected chi connectivity index (χ2v) is 6.85. The maximum Gasteiger partial charge on any atom is 0.243 e. The fourth-order valence-electron chi connectivity index (χ4n) is 2.90. The summed E-state index contributed by atoms with van der Waals surface area (Å²) in [5, 5.41) is 3.27. The first-order chi connectivity index (χ1) is 12.5. The SMILES string of the molecule is C=CCNC(=NCC(=O)N(C)C)N1CCN(Cc2cccc(C)c2)CC1.I. The first kappa shape index (κ1) is 23.4. The third-order valence-electron chi connectivity index (χ3n) is 4.43. The van der Waals surface area contributed by atoms with E-state index in [1.807, 2.05) is 0 Å². The number of nitrogens with zero attached hydrogens (tertiary/aromatic N) is 4. The summed E-state index contributed by atoms with van der Waals surface area (Å²) in [5.74, 6) is 0.788. The number of nitrogens with one attached hydrogen (secondary N) is 1. The van der Waals surface area contributed by atoms with Crippen LogP contribution in [0, 0.1) is 6.92 Å². The number of halogens is 1. The average Bonchev–Trinajstić information content (AvgIpc) is 2.62. The predicted molar refractivity (Wildman–Crippen MR) is 123 cm³/mol. The van der Waals surface area contributed by atoms with Crippen molar-refractivity contribution in [3.05, 3.63) is 48.0 Å². The van der Waals surface area contributed by atoms with Crippen LogP contribution in [-0.4, -0.2) is 79.9 Å². The van der Waals surface area contributed by atoms with E-state index in [0.717, 1.165) is 38.7 Å². The van der Waals surface area contributed by atoms with Crippen LogP contribution in [0.15, 0.2) is 41.9 Å². The van der Waals surface area contributed by atoms with Crippen LogP contribution in [0.1, 0.15) is 11.1 Å². The van der Waals surface area contributed by atoms with Gasteiger partial charge in [0.05, 0.1) is 0 Å². The number of benzene rings is 1. The summed E-state index contributed by atoms with van der Waals surface area (Å²) in [6.07, 6.45) is 1.80. The van der Waals surface area contributed by atoms with Crippen LogP contribution in [0.25, 0.3) is 0 Å². The highest BCUT2D eigenvalue weighted by Gasteiger charge is 2.20. The van der Waals surface area contributed by atoms with Gasteiger partial charge in [0.1, 0.15) is 6.54 Å². The van der Waals surface area contributed by atoms with Crippen molar-refractivity contribution in [3.63, 3.8) is 0 Å². The lowest BCUT2D eigenvalue weighted by molar-refractivity contribution is -0.127. The third kappa shape index (κ3) is 7.88. The highest BCUT2D eigenvalue weighted by atomic mass is 127. The van der Waals surface area contributed by atoms with Crippen LogP contribution < -0.4 is 5.32 Å². The average molecular weight is 485 g/mol. The molecule has 6 nitrogen and oxygen atoms in total. The van der Waals surface area contributed by atoms with Crippen molar-refractivity contribution in [2.45, 2.75) is 13.5 Å². The highest BCUT2D eigenvalue weighted by Crippen LogP contribution is 2.10. The second kappa shape index (κ2) is 12.0. The summed E-state index contributed by atoms with van der Waals surface area (Å²) in [6, 6.07) is 8.68. The second-order valence-electron chi connectivity index (χ2n) is 6.85. The molecule has 1 amide bonds. The zero-order valence-electron chi connectivity index (χ0n) is 16.6. The number of hydrogen-bond donors (Lipinski definition) is 1. The molecular weight excluding hydrogens is 453 g/mol. The van der Waals surface area contributed by atoms with E-state index in [0.29, 0.717) is 6.54 Å². The highest BCUT2D eigenvalue weighted by molar-refractivity contribution is 14.0. The molecular formula is C20H32IN5O. The van der Waals surface area contributed by atoms with Gasteiger partial charge in [-0.2, -0.15) is 0 Å². The molecule has 150 valence electrons. The molecule has 0 spiro atoms. The van der Waals surface area contributed by atoms with Crippen molar-refractivity contribution >= 4 is 35.8 Å². The molecule has 0 bridgehead atoms. The van der Waals surface area contributed by atoms with Gasteiger partial charge in [0.15, 0.2) is 5.96 Å². The molecule has 27 heavy (non-hydrogen) atoms. The van der Waals surface area contributed by atoms with E-state index in [1.165, 1.54) is 11.1 Å². The van der Waals surface area contributed by atoms with E-state index in [4.69, 9.17) is 0 Å². The first-order valence-electron chi connectivity index (χ1n) is 9.12. The van der Waals surface area contributed by atoms with Crippen LogP contribution >= 0.6 is 24.0 Å². The van der Waals surface area contributed by atoms with E-state index in [9.17, 15) is 4.79 Å². The third-order valence-corrected chi connectivity index (χ3v) is 4.43. The summed E-state index contributed by atoms with van der Waals surface area (Å²) in [7, 11) is 3.50. The Morgan fingerprint density at radius 1 is 1.30 bits per heavy atom. The molecule has 0 saturated carbocycles. The van der Waals surface area contributed by atoms with E-state index in [1.54, 1.807) is 25.1 Å². The molecule has 1 fully saturated rings. The van der Waals surface area contributed by atoms with Crippen molar-refractivity contribution in [2.75, 3.05) is 53.4 Å². The van der Waals surface area contributed by atoms with Gasteiger partial charge < -0.3 is 15.1 Å².